The van der Waals surface area contributed by atoms with Crippen molar-refractivity contribution in [1.82, 2.24) is 5.32 Å². The number of amides is 2. The van der Waals surface area contributed by atoms with Crippen molar-refractivity contribution < 1.29 is 23.9 Å². The van der Waals surface area contributed by atoms with Crippen molar-refractivity contribution in [3.63, 3.8) is 0 Å². The van der Waals surface area contributed by atoms with E-state index in [1.165, 1.54) is 18.2 Å². The van der Waals surface area contributed by atoms with Gasteiger partial charge in [-0.25, -0.2) is 0 Å². The Hall–Kier alpha value is -2.61. The van der Waals surface area contributed by atoms with Gasteiger partial charge in [0.2, 0.25) is 0 Å². The predicted octanol–water partition coefficient (Wildman–Crippen LogP) is 2.50. The normalized spacial score (nSPS) is 10.1. The molecule has 120 valence electrons. The Balaban J connectivity index is 1.92. The second-order valence-electron chi connectivity index (χ2n) is 4.53. The van der Waals surface area contributed by atoms with Gasteiger partial charge in [-0.3, -0.25) is 14.4 Å². The fourth-order valence-electron chi connectivity index (χ4n) is 1.72. The summed E-state index contributed by atoms with van der Waals surface area (Å²) in [5.74, 6) is -1.60. The van der Waals surface area contributed by atoms with E-state index < -0.39 is 11.9 Å². The molecule has 0 radical (unpaired) electrons. The van der Waals surface area contributed by atoms with E-state index in [9.17, 15) is 14.4 Å². The van der Waals surface area contributed by atoms with Gasteiger partial charge < -0.3 is 20.2 Å². The zero-order chi connectivity index (χ0) is 16.8. The van der Waals surface area contributed by atoms with Crippen LogP contribution in [0.1, 0.15) is 27.3 Å². The van der Waals surface area contributed by atoms with E-state index in [0.717, 1.165) is 0 Å². The van der Waals surface area contributed by atoms with Gasteiger partial charge >= 0.3 is 5.97 Å². The van der Waals surface area contributed by atoms with Crippen molar-refractivity contribution >= 4 is 39.4 Å². The van der Waals surface area contributed by atoms with Crippen molar-refractivity contribution in [2.24, 2.45) is 0 Å². The molecule has 0 spiro atoms. The van der Waals surface area contributed by atoms with Gasteiger partial charge in [-0.05, 0) is 52.3 Å². The minimum absolute atomic E-state index is 0.0556. The first-order chi connectivity index (χ1) is 11.0. The minimum Gasteiger partial charge on any atom is -0.481 e. The van der Waals surface area contributed by atoms with Gasteiger partial charge in [0.05, 0.1) is 6.42 Å². The van der Waals surface area contributed by atoms with E-state index in [1.807, 2.05) is 0 Å². The Morgan fingerprint density at radius 2 is 1.74 bits per heavy atom. The summed E-state index contributed by atoms with van der Waals surface area (Å²) in [4.78, 5) is 34.0. The van der Waals surface area contributed by atoms with Gasteiger partial charge in [0, 0.05) is 17.8 Å². The Kier molecular flexibility index (Phi) is 5.53. The lowest BCUT2D eigenvalue weighted by atomic mass is 10.2. The van der Waals surface area contributed by atoms with Crippen LogP contribution in [0.3, 0.4) is 0 Å². The maximum atomic E-state index is 11.9. The molecule has 2 aromatic rings. The van der Waals surface area contributed by atoms with Gasteiger partial charge in [0.25, 0.3) is 11.8 Å². The second kappa shape index (κ2) is 7.59. The van der Waals surface area contributed by atoms with E-state index >= 15 is 0 Å². The monoisotopic (exact) mass is 380 g/mol. The summed E-state index contributed by atoms with van der Waals surface area (Å²) >= 11 is 3.11. The zero-order valence-electron chi connectivity index (χ0n) is 11.8. The molecular formula is C15H13BrN2O5. The van der Waals surface area contributed by atoms with Crippen LogP contribution >= 0.6 is 15.9 Å². The van der Waals surface area contributed by atoms with Gasteiger partial charge in [0.15, 0.2) is 10.4 Å². The molecule has 0 unspecified atom stereocenters. The maximum absolute atomic E-state index is 11.9. The van der Waals surface area contributed by atoms with Crippen molar-refractivity contribution in [1.29, 1.82) is 0 Å². The molecule has 0 bridgehead atoms. The lowest BCUT2D eigenvalue weighted by Crippen LogP contribution is -2.25. The molecule has 0 aliphatic heterocycles. The minimum atomic E-state index is -0.979. The van der Waals surface area contributed by atoms with Gasteiger partial charge in [0.1, 0.15) is 0 Å². The topological polar surface area (TPSA) is 109 Å². The summed E-state index contributed by atoms with van der Waals surface area (Å²) in [7, 11) is 0. The maximum Gasteiger partial charge on any atom is 0.305 e. The third-order valence-corrected chi connectivity index (χ3v) is 3.25. The Labute approximate surface area is 139 Å². The summed E-state index contributed by atoms with van der Waals surface area (Å²) in [5, 5.41) is 13.6. The third kappa shape index (κ3) is 4.96. The second-order valence-corrected chi connectivity index (χ2v) is 5.32. The van der Waals surface area contributed by atoms with Gasteiger partial charge in [-0.1, -0.05) is 0 Å². The molecule has 1 aromatic heterocycles. The summed E-state index contributed by atoms with van der Waals surface area (Å²) < 4.78 is 5.59. The van der Waals surface area contributed by atoms with Crippen molar-refractivity contribution in [2.45, 2.75) is 6.42 Å². The van der Waals surface area contributed by atoms with Crippen LogP contribution in [0.4, 0.5) is 5.69 Å². The number of hydrogen-bond donors (Lipinski definition) is 3. The fraction of sp³-hybridized carbons (Fsp3) is 0.133. The smallest absolute Gasteiger partial charge is 0.305 e. The summed E-state index contributed by atoms with van der Waals surface area (Å²) in [5.41, 5.74) is 0.874. The first-order valence-electron chi connectivity index (χ1n) is 6.62. The molecule has 3 N–H and O–H groups in total. The fourth-order valence-corrected chi connectivity index (χ4v) is 2.03. The molecule has 23 heavy (non-hydrogen) atoms. The van der Waals surface area contributed by atoms with Crippen molar-refractivity contribution in [3.05, 3.63) is 52.4 Å². The van der Waals surface area contributed by atoms with Crippen LogP contribution < -0.4 is 10.6 Å². The number of hydrogen-bond acceptors (Lipinski definition) is 4. The average molecular weight is 381 g/mol. The molecule has 2 amide bonds. The molecule has 8 heteroatoms. The highest BCUT2D eigenvalue weighted by atomic mass is 79.9. The van der Waals surface area contributed by atoms with E-state index in [1.54, 1.807) is 18.2 Å². The van der Waals surface area contributed by atoms with E-state index in [-0.39, 0.29) is 24.6 Å². The van der Waals surface area contributed by atoms with Gasteiger partial charge in [-0.2, -0.15) is 0 Å². The van der Waals surface area contributed by atoms with Crippen LogP contribution in [0.5, 0.6) is 0 Å². The molecule has 0 aliphatic rings. The average Bonchev–Trinajstić information content (AvgIpc) is 2.94. The van der Waals surface area contributed by atoms with Crippen LogP contribution in [0.2, 0.25) is 0 Å². The lowest BCUT2D eigenvalue weighted by Gasteiger charge is -2.06. The number of anilines is 1. The number of nitrogens with one attached hydrogen (secondary N) is 2. The summed E-state index contributed by atoms with van der Waals surface area (Å²) in [6, 6.07) is 9.35. The first-order valence-corrected chi connectivity index (χ1v) is 7.42. The van der Waals surface area contributed by atoms with Gasteiger partial charge in [-0.15, -0.1) is 0 Å². The number of benzene rings is 1. The molecule has 2 rings (SSSR count). The highest BCUT2D eigenvalue weighted by molar-refractivity contribution is 9.10. The number of carbonyl (C=O) groups excluding carboxylic acids is 2. The number of rotatable bonds is 6. The Morgan fingerprint density at radius 3 is 2.30 bits per heavy atom. The van der Waals surface area contributed by atoms with E-state index in [4.69, 9.17) is 9.52 Å². The van der Waals surface area contributed by atoms with Crippen LogP contribution in [0, 0.1) is 0 Å². The number of carbonyl (C=O) groups is 3. The number of halogens is 1. The van der Waals surface area contributed by atoms with Crippen molar-refractivity contribution in [3.8, 4) is 0 Å². The molecule has 1 heterocycles. The van der Waals surface area contributed by atoms with Crippen LogP contribution in [-0.4, -0.2) is 29.4 Å². The molecule has 0 saturated heterocycles. The largest absolute Gasteiger partial charge is 0.481 e. The molecule has 1 aromatic carbocycles. The van der Waals surface area contributed by atoms with Crippen LogP contribution in [-0.2, 0) is 4.79 Å². The molecular weight excluding hydrogens is 368 g/mol. The molecule has 0 saturated carbocycles. The number of furan rings is 1. The quantitative estimate of drug-likeness (QED) is 0.713. The van der Waals surface area contributed by atoms with Crippen LogP contribution in [0.15, 0.2) is 45.5 Å². The standard InChI is InChI=1S/C15H13BrN2O5/c16-12-6-5-11(23-12)15(22)18-10-3-1-9(2-4-10)14(21)17-8-7-13(19)20/h1-6H,7-8H2,(H,17,21)(H,18,22)(H,19,20). The molecule has 0 aliphatic carbocycles. The number of carboxylic acids is 1. The lowest BCUT2D eigenvalue weighted by molar-refractivity contribution is -0.136. The first kappa shape index (κ1) is 16.8. The zero-order valence-corrected chi connectivity index (χ0v) is 13.4. The van der Waals surface area contributed by atoms with E-state index in [0.29, 0.717) is 15.9 Å². The SMILES string of the molecule is O=C(O)CCNC(=O)c1ccc(NC(=O)c2ccc(Br)o2)cc1. The van der Waals surface area contributed by atoms with Crippen LogP contribution in [0.25, 0.3) is 0 Å². The van der Waals surface area contributed by atoms with E-state index in [2.05, 4.69) is 26.6 Å². The highest BCUT2D eigenvalue weighted by Gasteiger charge is 2.11. The summed E-state index contributed by atoms with van der Waals surface area (Å²) in [6.07, 6.45) is -0.140. The molecule has 0 atom stereocenters. The Bertz CT molecular complexity index is 724. The highest BCUT2D eigenvalue weighted by Crippen LogP contribution is 2.16. The summed E-state index contributed by atoms with van der Waals surface area (Å²) in [6.45, 7) is 0.0556. The number of carboxylic acid groups (broad SMARTS) is 1. The Morgan fingerprint density at radius 1 is 1.04 bits per heavy atom. The predicted molar refractivity (Wildman–Crippen MR) is 85.4 cm³/mol. The molecule has 7 nitrogen and oxygen atoms in total. The third-order valence-electron chi connectivity index (χ3n) is 2.83. The number of aliphatic carboxylic acids is 1. The molecule has 0 fully saturated rings. The van der Waals surface area contributed by atoms with Crippen molar-refractivity contribution in [2.75, 3.05) is 11.9 Å².